The van der Waals surface area contributed by atoms with Gasteiger partial charge in [0.2, 0.25) is 0 Å². The van der Waals surface area contributed by atoms with Crippen LogP contribution in [0.25, 0.3) is 0 Å². The lowest BCUT2D eigenvalue weighted by atomic mass is 10.2. The Morgan fingerprint density at radius 2 is 1.86 bits per heavy atom. The van der Waals surface area contributed by atoms with Gasteiger partial charge in [-0.15, -0.1) is 0 Å². The Morgan fingerprint density at radius 3 is 2.62 bits per heavy atom. The van der Waals surface area contributed by atoms with Crippen LogP contribution in [0.1, 0.15) is 5.56 Å². The molecule has 5 heteroatoms. The second-order valence-corrected chi connectivity index (χ2v) is 4.47. The molecule has 0 unspecified atom stereocenters. The molecule has 0 heterocycles. The number of benzene rings is 2. The maximum Gasteiger partial charge on any atom is 0.159 e. The summed E-state index contributed by atoms with van der Waals surface area (Å²) in [5.74, 6) is -0.958. The monoisotopic (exact) mass is 293 g/mol. The van der Waals surface area contributed by atoms with Gasteiger partial charge in [0.15, 0.2) is 11.6 Å². The summed E-state index contributed by atoms with van der Waals surface area (Å²) in [6.07, 6.45) is 0. The van der Waals surface area contributed by atoms with E-state index in [1.54, 1.807) is 13.2 Å². The van der Waals surface area contributed by atoms with Crippen molar-refractivity contribution in [3.63, 3.8) is 0 Å². The zero-order chi connectivity index (χ0) is 15.1. The Hall–Kier alpha value is -2.14. The lowest BCUT2D eigenvalue weighted by molar-refractivity contribution is 0.146. The van der Waals surface area contributed by atoms with Crippen LogP contribution in [0.15, 0.2) is 42.5 Å². The summed E-state index contributed by atoms with van der Waals surface area (Å²) in [4.78, 5) is 0. The van der Waals surface area contributed by atoms with Gasteiger partial charge in [0.1, 0.15) is 12.4 Å². The minimum atomic E-state index is -0.842. The van der Waals surface area contributed by atoms with Crippen LogP contribution in [-0.4, -0.2) is 20.3 Å². The molecule has 0 amide bonds. The van der Waals surface area contributed by atoms with Crippen LogP contribution in [-0.2, 0) is 11.3 Å². The van der Waals surface area contributed by atoms with Gasteiger partial charge in [-0.2, -0.15) is 0 Å². The Labute approximate surface area is 122 Å². The molecule has 0 bridgehead atoms. The van der Waals surface area contributed by atoms with Gasteiger partial charge < -0.3 is 14.8 Å². The van der Waals surface area contributed by atoms with Crippen LogP contribution < -0.4 is 10.1 Å². The third-order valence-corrected chi connectivity index (χ3v) is 2.87. The normalized spacial score (nSPS) is 10.4. The van der Waals surface area contributed by atoms with Crippen molar-refractivity contribution in [2.75, 3.05) is 25.6 Å². The van der Waals surface area contributed by atoms with Crippen LogP contribution in [0.5, 0.6) is 5.75 Å². The maximum atomic E-state index is 13.1. The molecule has 0 radical (unpaired) electrons. The molecule has 2 aromatic rings. The molecule has 0 saturated heterocycles. The number of hydrogen-bond acceptors (Lipinski definition) is 3. The molecule has 3 nitrogen and oxygen atoms in total. The molecule has 112 valence electrons. The first-order chi connectivity index (χ1) is 10.2. The van der Waals surface area contributed by atoms with Gasteiger partial charge in [0.25, 0.3) is 0 Å². The first-order valence-corrected chi connectivity index (χ1v) is 6.58. The third kappa shape index (κ3) is 4.72. The fourth-order valence-electron chi connectivity index (χ4n) is 1.79. The molecular formula is C16H17F2NO2. The maximum absolute atomic E-state index is 13.1. The summed E-state index contributed by atoms with van der Waals surface area (Å²) in [7, 11) is 1.61. The van der Waals surface area contributed by atoms with Crippen molar-refractivity contribution in [2.45, 2.75) is 6.54 Å². The fraction of sp³-hybridized carbons (Fsp3) is 0.250. The van der Waals surface area contributed by atoms with E-state index < -0.39 is 11.6 Å². The van der Waals surface area contributed by atoms with E-state index in [4.69, 9.17) is 9.47 Å². The Bertz CT molecular complexity index is 590. The molecule has 0 atom stereocenters. The van der Waals surface area contributed by atoms with Crippen molar-refractivity contribution in [2.24, 2.45) is 0 Å². The highest BCUT2D eigenvalue weighted by Crippen LogP contribution is 2.18. The lowest BCUT2D eigenvalue weighted by Crippen LogP contribution is -2.05. The molecule has 0 aromatic heterocycles. The smallest absolute Gasteiger partial charge is 0.159 e. The molecule has 0 fully saturated rings. The van der Waals surface area contributed by atoms with Crippen molar-refractivity contribution in [3.05, 3.63) is 59.7 Å². The van der Waals surface area contributed by atoms with Crippen LogP contribution in [0.2, 0.25) is 0 Å². The molecule has 0 saturated carbocycles. The second kappa shape index (κ2) is 7.59. The summed E-state index contributed by atoms with van der Waals surface area (Å²) in [6.45, 7) is 1.40. The van der Waals surface area contributed by atoms with Gasteiger partial charge >= 0.3 is 0 Å². The van der Waals surface area contributed by atoms with Gasteiger partial charge in [0, 0.05) is 25.4 Å². The van der Waals surface area contributed by atoms with Crippen LogP contribution in [0, 0.1) is 11.6 Å². The van der Waals surface area contributed by atoms with Gasteiger partial charge in [0.05, 0.1) is 6.61 Å². The molecule has 2 aromatic carbocycles. The number of nitrogens with one attached hydrogen (secondary N) is 1. The first kappa shape index (κ1) is 15.3. The minimum absolute atomic E-state index is 0.402. The first-order valence-electron chi connectivity index (χ1n) is 6.58. The van der Waals surface area contributed by atoms with Crippen molar-refractivity contribution >= 4 is 5.69 Å². The summed E-state index contributed by atoms with van der Waals surface area (Å²) in [6, 6.07) is 11.3. The molecule has 0 aliphatic carbocycles. The zero-order valence-electron chi connectivity index (χ0n) is 11.7. The summed E-state index contributed by atoms with van der Waals surface area (Å²) < 4.78 is 36.4. The summed E-state index contributed by atoms with van der Waals surface area (Å²) in [5, 5.41) is 3.14. The van der Waals surface area contributed by atoms with Crippen LogP contribution >= 0.6 is 0 Å². The highest BCUT2D eigenvalue weighted by Gasteiger charge is 2.03. The average molecular weight is 293 g/mol. The predicted octanol–water partition coefficient (Wildman–Crippen LogP) is 3.60. The SMILES string of the molecule is COCCOc1cccc(NCc2ccc(F)c(F)c2)c1. The molecule has 0 aliphatic rings. The standard InChI is InChI=1S/C16H17F2NO2/c1-20-7-8-21-14-4-2-3-13(10-14)19-11-12-5-6-15(17)16(18)9-12/h2-6,9-10,19H,7-8,11H2,1H3. The van der Waals surface area contributed by atoms with Gasteiger partial charge in [-0.3, -0.25) is 0 Å². The molecular weight excluding hydrogens is 276 g/mol. The number of hydrogen-bond donors (Lipinski definition) is 1. The van der Waals surface area contributed by atoms with E-state index in [0.29, 0.717) is 25.3 Å². The van der Waals surface area contributed by atoms with E-state index in [9.17, 15) is 8.78 Å². The summed E-state index contributed by atoms with van der Waals surface area (Å²) in [5.41, 5.74) is 1.51. The largest absolute Gasteiger partial charge is 0.491 e. The molecule has 0 spiro atoms. The van der Waals surface area contributed by atoms with Crippen molar-refractivity contribution < 1.29 is 18.3 Å². The number of ether oxygens (including phenoxy) is 2. The van der Waals surface area contributed by atoms with E-state index in [1.807, 2.05) is 24.3 Å². The molecule has 2 rings (SSSR count). The number of methoxy groups -OCH3 is 1. The van der Waals surface area contributed by atoms with E-state index in [0.717, 1.165) is 17.5 Å². The lowest BCUT2D eigenvalue weighted by Gasteiger charge is -2.10. The zero-order valence-corrected chi connectivity index (χ0v) is 11.7. The van der Waals surface area contributed by atoms with Crippen molar-refractivity contribution in [1.82, 2.24) is 0 Å². The highest BCUT2D eigenvalue weighted by molar-refractivity contribution is 5.48. The Balaban J connectivity index is 1.93. The third-order valence-electron chi connectivity index (χ3n) is 2.87. The number of halogens is 2. The Kier molecular flexibility index (Phi) is 5.51. The molecule has 21 heavy (non-hydrogen) atoms. The fourth-order valence-corrected chi connectivity index (χ4v) is 1.79. The second-order valence-electron chi connectivity index (χ2n) is 4.47. The van der Waals surface area contributed by atoms with Crippen LogP contribution in [0.4, 0.5) is 14.5 Å². The predicted molar refractivity (Wildman–Crippen MR) is 77.5 cm³/mol. The Morgan fingerprint density at radius 1 is 1.00 bits per heavy atom. The minimum Gasteiger partial charge on any atom is -0.491 e. The van der Waals surface area contributed by atoms with Gasteiger partial charge in [-0.25, -0.2) is 8.78 Å². The van der Waals surface area contributed by atoms with E-state index >= 15 is 0 Å². The molecule has 0 aliphatic heterocycles. The summed E-state index contributed by atoms with van der Waals surface area (Å²) >= 11 is 0. The van der Waals surface area contributed by atoms with E-state index in [-0.39, 0.29) is 0 Å². The number of rotatable bonds is 7. The molecule has 1 N–H and O–H groups in total. The van der Waals surface area contributed by atoms with Crippen LogP contribution in [0.3, 0.4) is 0 Å². The number of anilines is 1. The topological polar surface area (TPSA) is 30.5 Å². The van der Waals surface area contributed by atoms with E-state index in [1.165, 1.54) is 6.07 Å². The quantitative estimate of drug-likeness (QED) is 0.791. The van der Waals surface area contributed by atoms with Crippen molar-refractivity contribution in [1.29, 1.82) is 0 Å². The van der Waals surface area contributed by atoms with Gasteiger partial charge in [-0.05, 0) is 29.8 Å². The van der Waals surface area contributed by atoms with Crippen molar-refractivity contribution in [3.8, 4) is 5.75 Å². The average Bonchev–Trinajstić information content (AvgIpc) is 2.49. The van der Waals surface area contributed by atoms with Gasteiger partial charge in [-0.1, -0.05) is 12.1 Å². The highest BCUT2D eigenvalue weighted by atomic mass is 19.2. The van der Waals surface area contributed by atoms with E-state index in [2.05, 4.69) is 5.32 Å².